The fourth-order valence-electron chi connectivity index (χ4n) is 5.54. The van der Waals surface area contributed by atoms with Gasteiger partial charge in [-0.3, -0.25) is 10.1 Å². The minimum Gasteiger partial charge on any atom is -0.497 e. The van der Waals surface area contributed by atoms with Crippen LogP contribution in [0.15, 0.2) is 97.1 Å². The zero-order chi connectivity index (χ0) is 31.9. The van der Waals surface area contributed by atoms with Gasteiger partial charge < -0.3 is 14.8 Å². The van der Waals surface area contributed by atoms with Gasteiger partial charge in [-0.1, -0.05) is 100 Å². The first-order valence-corrected chi connectivity index (χ1v) is 16.1. The van der Waals surface area contributed by atoms with E-state index in [1.165, 1.54) is 63.0 Å². The molecule has 236 valence electrons. The number of carbonyl (C=O) groups is 2. The first-order chi connectivity index (χ1) is 21.9. The standard InChI is InChI=1S/C39H46N2O4/c1-4-5-6-7-8-9-10-11-38(32-16-24-36(44-3)25-17-32)33-18-26-37(27-19-33)45-39(43)41-35-22-14-31(15-23-35)28-30-12-20-34(21-13-30)40-29(2)42/h12-27,38H,4-11,28H2,1-3H3,(H,40,42)(H,41,43). The van der Waals surface area contributed by atoms with Crippen molar-refractivity contribution in [2.24, 2.45) is 0 Å². The van der Waals surface area contributed by atoms with Crippen molar-refractivity contribution in [2.45, 2.75) is 77.6 Å². The van der Waals surface area contributed by atoms with Crippen LogP contribution in [0.5, 0.6) is 11.5 Å². The predicted octanol–water partition coefficient (Wildman–Crippen LogP) is 10.1. The summed E-state index contributed by atoms with van der Waals surface area (Å²) in [6.07, 6.45) is 10.2. The lowest BCUT2D eigenvalue weighted by Gasteiger charge is -2.19. The molecule has 6 nitrogen and oxygen atoms in total. The number of benzene rings is 4. The van der Waals surface area contributed by atoms with Crippen LogP contribution in [0.25, 0.3) is 0 Å². The van der Waals surface area contributed by atoms with Crippen LogP contribution in [0.3, 0.4) is 0 Å². The summed E-state index contributed by atoms with van der Waals surface area (Å²) >= 11 is 0. The second-order valence-electron chi connectivity index (χ2n) is 11.6. The third kappa shape index (κ3) is 11.1. The van der Waals surface area contributed by atoms with Crippen molar-refractivity contribution in [3.05, 3.63) is 119 Å². The summed E-state index contributed by atoms with van der Waals surface area (Å²) in [7, 11) is 1.69. The molecule has 0 saturated heterocycles. The Balaban J connectivity index is 1.31. The third-order valence-electron chi connectivity index (χ3n) is 7.99. The maximum Gasteiger partial charge on any atom is 0.417 e. The van der Waals surface area contributed by atoms with Crippen molar-refractivity contribution in [3.8, 4) is 11.5 Å². The van der Waals surface area contributed by atoms with Crippen molar-refractivity contribution in [1.82, 2.24) is 0 Å². The topological polar surface area (TPSA) is 76.7 Å². The van der Waals surface area contributed by atoms with Crippen molar-refractivity contribution in [2.75, 3.05) is 17.7 Å². The van der Waals surface area contributed by atoms with Gasteiger partial charge in [0.25, 0.3) is 0 Å². The molecule has 0 aliphatic heterocycles. The molecule has 0 aliphatic carbocycles. The lowest BCUT2D eigenvalue weighted by atomic mass is 9.86. The van der Waals surface area contributed by atoms with Crippen LogP contribution in [0.4, 0.5) is 16.2 Å². The van der Waals surface area contributed by atoms with E-state index >= 15 is 0 Å². The summed E-state index contributed by atoms with van der Waals surface area (Å²) in [5.74, 6) is 1.53. The minimum atomic E-state index is -0.529. The van der Waals surface area contributed by atoms with E-state index < -0.39 is 6.09 Å². The quantitative estimate of drug-likeness (QED) is 0.124. The van der Waals surface area contributed by atoms with E-state index in [0.29, 0.717) is 11.4 Å². The highest BCUT2D eigenvalue weighted by Gasteiger charge is 2.15. The zero-order valence-electron chi connectivity index (χ0n) is 26.8. The minimum absolute atomic E-state index is 0.0890. The van der Waals surface area contributed by atoms with Gasteiger partial charge in [-0.2, -0.15) is 0 Å². The van der Waals surface area contributed by atoms with Gasteiger partial charge in [-0.15, -0.1) is 0 Å². The molecule has 4 aromatic rings. The van der Waals surface area contributed by atoms with E-state index in [0.717, 1.165) is 35.4 Å². The molecule has 0 aromatic heterocycles. The molecule has 0 spiro atoms. The summed E-state index contributed by atoms with van der Waals surface area (Å²) in [5, 5.41) is 5.60. The normalized spacial score (nSPS) is 11.4. The zero-order valence-corrected chi connectivity index (χ0v) is 26.8. The number of methoxy groups -OCH3 is 1. The lowest BCUT2D eigenvalue weighted by molar-refractivity contribution is -0.114. The van der Waals surface area contributed by atoms with Crippen molar-refractivity contribution < 1.29 is 19.1 Å². The molecule has 0 radical (unpaired) electrons. The Morgan fingerprint density at radius 3 is 1.62 bits per heavy atom. The van der Waals surface area contributed by atoms with Crippen LogP contribution < -0.4 is 20.1 Å². The van der Waals surface area contributed by atoms with Crippen LogP contribution >= 0.6 is 0 Å². The van der Waals surface area contributed by atoms with Crippen LogP contribution in [0, 0.1) is 0 Å². The van der Waals surface area contributed by atoms with E-state index in [9.17, 15) is 9.59 Å². The second-order valence-corrected chi connectivity index (χ2v) is 11.6. The van der Waals surface area contributed by atoms with E-state index in [2.05, 4.69) is 41.8 Å². The lowest BCUT2D eigenvalue weighted by Crippen LogP contribution is -2.16. The van der Waals surface area contributed by atoms with Crippen molar-refractivity contribution in [3.63, 3.8) is 0 Å². The summed E-state index contributed by atoms with van der Waals surface area (Å²) in [5.41, 5.74) is 6.15. The number of ether oxygens (including phenoxy) is 2. The summed E-state index contributed by atoms with van der Waals surface area (Å²) in [4.78, 5) is 23.9. The van der Waals surface area contributed by atoms with Gasteiger partial charge in [0.15, 0.2) is 0 Å². The van der Waals surface area contributed by atoms with E-state index in [4.69, 9.17) is 9.47 Å². The Hall–Kier alpha value is -4.58. The molecule has 4 aromatic carbocycles. The Bertz CT molecular complexity index is 1460. The van der Waals surface area contributed by atoms with Crippen molar-refractivity contribution >= 4 is 23.4 Å². The molecule has 2 amide bonds. The number of hydrogen-bond acceptors (Lipinski definition) is 4. The Morgan fingerprint density at radius 1 is 0.622 bits per heavy atom. The van der Waals surface area contributed by atoms with Crippen LogP contribution in [0.2, 0.25) is 0 Å². The predicted molar refractivity (Wildman–Crippen MR) is 184 cm³/mol. The summed E-state index contributed by atoms with van der Waals surface area (Å²) < 4.78 is 11.0. The van der Waals surface area contributed by atoms with E-state index in [-0.39, 0.29) is 11.8 Å². The highest BCUT2D eigenvalue weighted by molar-refractivity contribution is 5.88. The number of nitrogens with one attached hydrogen (secondary N) is 2. The first kappa shape index (κ1) is 33.3. The average molecular weight is 607 g/mol. The molecule has 2 N–H and O–H groups in total. The van der Waals surface area contributed by atoms with Crippen LogP contribution in [-0.4, -0.2) is 19.1 Å². The molecule has 4 rings (SSSR count). The van der Waals surface area contributed by atoms with Crippen LogP contribution in [0.1, 0.15) is 93.4 Å². The van der Waals surface area contributed by atoms with Gasteiger partial charge in [-0.05, 0) is 83.6 Å². The van der Waals surface area contributed by atoms with Gasteiger partial charge in [0.1, 0.15) is 11.5 Å². The van der Waals surface area contributed by atoms with Gasteiger partial charge in [0, 0.05) is 24.2 Å². The first-order valence-electron chi connectivity index (χ1n) is 16.1. The van der Waals surface area contributed by atoms with Gasteiger partial charge >= 0.3 is 6.09 Å². The number of unbranched alkanes of at least 4 members (excludes halogenated alkanes) is 6. The number of hydrogen-bond donors (Lipinski definition) is 2. The molecular weight excluding hydrogens is 560 g/mol. The number of rotatable bonds is 16. The summed E-state index contributed by atoms with van der Waals surface area (Å²) in [6, 6.07) is 31.7. The Labute approximate surface area is 268 Å². The highest BCUT2D eigenvalue weighted by atomic mass is 16.6. The molecule has 1 unspecified atom stereocenters. The molecule has 0 saturated carbocycles. The third-order valence-corrected chi connectivity index (χ3v) is 7.99. The molecule has 45 heavy (non-hydrogen) atoms. The molecule has 0 aliphatic rings. The van der Waals surface area contributed by atoms with Gasteiger partial charge in [-0.25, -0.2) is 4.79 Å². The average Bonchev–Trinajstić information content (AvgIpc) is 3.05. The maximum absolute atomic E-state index is 12.7. The molecule has 0 bridgehead atoms. The monoisotopic (exact) mass is 606 g/mol. The largest absolute Gasteiger partial charge is 0.497 e. The number of anilines is 2. The van der Waals surface area contributed by atoms with Crippen molar-refractivity contribution in [1.29, 1.82) is 0 Å². The molecule has 0 fully saturated rings. The molecule has 0 heterocycles. The Kier molecular flexibility index (Phi) is 13.1. The number of amides is 2. The fraction of sp³-hybridized carbons (Fsp3) is 0.333. The van der Waals surface area contributed by atoms with Crippen LogP contribution in [-0.2, 0) is 11.2 Å². The second kappa shape index (κ2) is 17.6. The molecular formula is C39H46N2O4. The van der Waals surface area contributed by atoms with E-state index in [1.54, 1.807) is 7.11 Å². The smallest absolute Gasteiger partial charge is 0.417 e. The van der Waals surface area contributed by atoms with Gasteiger partial charge in [0.2, 0.25) is 5.91 Å². The van der Waals surface area contributed by atoms with E-state index in [1.807, 2.05) is 72.8 Å². The van der Waals surface area contributed by atoms with Gasteiger partial charge in [0.05, 0.1) is 7.11 Å². The SMILES string of the molecule is CCCCCCCCCC(c1ccc(OC)cc1)c1ccc(OC(=O)Nc2ccc(Cc3ccc(NC(C)=O)cc3)cc2)cc1. The number of carbonyl (C=O) groups excluding carboxylic acids is 2. The molecule has 6 heteroatoms. The highest BCUT2D eigenvalue weighted by Crippen LogP contribution is 2.32. The summed E-state index contributed by atoms with van der Waals surface area (Å²) in [6.45, 7) is 3.75. The fourth-order valence-corrected chi connectivity index (χ4v) is 5.54. The maximum atomic E-state index is 12.7. The Morgan fingerprint density at radius 2 is 1.11 bits per heavy atom. The molecule has 1 atom stereocenters.